The fraction of sp³-hybridized carbons (Fsp3) is 0.0577. The van der Waals surface area contributed by atoms with E-state index in [0.29, 0.717) is 0 Å². The zero-order valence-corrected chi connectivity index (χ0v) is 31.8. The summed E-state index contributed by atoms with van der Waals surface area (Å²) in [5, 5.41) is 6.06. The maximum absolute atomic E-state index is 5.28. The first-order valence-corrected chi connectivity index (χ1v) is 20.1. The van der Waals surface area contributed by atoms with E-state index in [9.17, 15) is 0 Å². The van der Waals surface area contributed by atoms with E-state index in [1.54, 1.807) is 11.3 Å². The molecule has 0 atom stereocenters. The van der Waals surface area contributed by atoms with Crippen LogP contribution in [-0.4, -0.2) is 9.38 Å². The number of para-hydroxylation sites is 2. The van der Waals surface area contributed by atoms with Gasteiger partial charge in [0.1, 0.15) is 5.01 Å². The normalized spacial score (nSPS) is 13.3. The van der Waals surface area contributed by atoms with Crippen molar-refractivity contribution in [3.63, 3.8) is 0 Å². The molecule has 3 heterocycles. The molecule has 1 aliphatic rings. The summed E-state index contributed by atoms with van der Waals surface area (Å²) in [4.78, 5) is 7.76. The second-order valence-corrected chi connectivity index (χ2v) is 16.6. The molecular weight excluding hydrogens is 699 g/mol. The Morgan fingerprint density at radius 3 is 2.00 bits per heavy atom. The molecule has 0 aliphatic heterocycles. The van der Waals surface area contributed by atoms with Crippen LogP contribution in [0.4, 0.5) is 17.1 Å². The average molecular weight is 734 g/mol. The number of nitrogens with zero attached hydrogens (tertiary/aromatic N) is 3. The number of hydrogen-bond donors (Lipinski definition) is 0. The predicted molar refractivity (Wildman–Crippen MR) is 237 cm³/mol. The fourth-order valence-electron chi connectivity index (χ4n) is 9.56. The molecule has 0 fully saturated rings. The molecule has 3 aromatic heterocycles. The minimum absolute atomic E-state index is 0.126. The number of anilines is 3. The zero-order valence-electron chi connectivity index (χ0n) is 31.0. The van der Waals surface area contributed by atoms with E-state index in [1.165, 1.54) is 76.2 Å². The molecule has 0 spiro atoms. The van der Waals surface area contributed by atoms with Gasteiger partial charge >= 0.3 is 0 Å². The first-order chi connectivity index (χ1) is 27.5. The van der Waals surface area contributed by atoms with Gasteiger partial charge in [0.25, 0.3) is 0 Å². The Hall–Kier alpha value is -6.75. The third-order valence-corrected chi connectivity index (χ3v) is 13.3. The maximum atomic E-state index is 5.28. The summed E-state index contributed by atoms with van der Waals surface area (Å²) in [6.07, 6.45) is 0. The van der Waals surface area contributed by atoms with Crippen molar-refractivity contribution < 1.29 is 0 Å². The standard InChI is InChI=1S/C52H35N3S/c1-52(2)42-22-12-9-20-37(42)38-27-25-35(30-43(38)52)54(45-23-13-10-19-36(45)32-15-5-3-6-16-32)34-26-28-47-41(29-34)48-49-40(39-21-11-14-24-46(39)55(47)49)31-44-50(48)56-51(53-44)33-17-7-4-8-18-33/h3-31H,1-2H3. The molecule has 0 amide bonds. The third kappa shape index (κ3) is 4.36. The van der Waals surface area contributed by atoms with E-state index < -0.39 is 0 Å². The van der Waals surface area contributed by atoms with Crippen LogP contribution in [0.15, 0.2) is 176 Å². The quantitative estimate of drug-likeness (QED) is 0.176. The highest BCUT2D eigenvalue weighted by molar-refractivity contribution is 7.22. The van der Waals surface area contributed by atoms with E-state index in [0.717, 1.165) is 33.1 Å². The van der Waals surface area contributed by atoms with Crippen molar-refractivity contribution in [2.24, 2.45) is 0 Å². The lowest BCUT2D eigenvalue weighted by Gasteiger charge is -2.30. The smallest absolute Gasteiger partial charge is 0.124 e. The summed E-state index contributed by atoms with van der Waals surface area (Å²) in [5.41, 5.74) is 16.9. The van der Waals surface area contributed by atoms with Crippen molar-refractivity contribution in [3.05, 3.63) is 187 Å². The molecule has 264 valence electrons. The Labute approximate surface area is 328 Å². The highest BCUT2D eigenvalue weighted by atomic mass is 32.1. The second kappa shape index (κ2) is 11.6. The summed E-state index contributed by atoms with van der Waals surface area (Å²) in [6, 6.07) is 64.4. The Balaban J connectivity index is 1.16. The van der Waals surface area contributed by atoms with Crippen molar-refractivity contribution in [1.29, 1.82) is 0 Å². The number of aromatic nitrogens is 2. The van der Waals surface area contributed by atoms with E-state index in [-0.39, 0.29) is 5.41 Å². The van der Waals surface area contributed by atoms with Crippen LogP contribution in [0.5, 0.6) is 0 Å². The van der Waals surface area contributed by atoms with Crippen LogP contribution in [0.25, 0.3) is 81.1 Å². The summed E-state index contributed by atoms with van der Waals surface area (Å²) in [5.74, 6) is 0. The first kappa shape index (κ1) is 31.6. The number of thiazole rings is 1. The SMILES string of the molecule is CC1(C)c2ccccc2-c2ccc(N(c3ccc4c(c3)c3c5sc(-c6ccccc6)nc5cc5c6ccccc6n4c53)c3ccccc3-c3ccccc3)cc21. The van der Waals surface area contributed by atoms with Gasteiger partial charge in [0.15, 0.2) is 0 Å². The highest BCUT2D eigenvalue weighted by Gasteiger charge is 2.36. The first-order valence-electron chi connectivity index (χ1n) is 19.3. The Bertz CT molecular complexity index is 3340. The molecule has 56 heavy (non-hydrogen) atoms. The molecule has 0 bridgehead atoms. The minimum Gasteiger partial charge on any atom is -0.310 e. The summed E-state index contributed by atoms with van der Waals surface area (Å²) in [7, 11) is 0. The van der Waals surface area contributed by atoms with Crippen LogP contribution < -0.4 is 4.90 Å². The van der Waals surface area contributed by atoms with Gasteiger partial charge < -0.3 is 9.30 Å². The lowest BCUT2D eigenvalue weighted by atomic mass is 9.82. The van der Waals surface area contributed by atoms with E-state index >= 15 is 0 Å². The van der Waals surface area contributed by atoms with Crippen molar-refractivity contribution in [2.45, 2.75) is 19.3 Å². The zero-order chi connectivity index (χ0) is 37.1. The molecule has 12 rings (SSSR count). The van der Waals surface area contributed by atoms with Gasteiger partial charge in [0.05, 0.1) is 32.5 Å². The molecule has 0 saturated heterocycles. The third-order valence-electron chi connectivity index (χ3n) is 12.1. The molecule has 0 N–H and O–H groups in total. The number of hydrogen-bond acceptors (Lipinski definition) is 3. The number of benzene rings is 8. The van der Waals surface area contributed by atoms with Crippen LogP contribution in [0.3, 0.4) is 0 Å². The van der Waals surface area contributed by atoms with Crippen molar-refractivity contribution in [3.8, 4) is 32.8 Å². The van der Waals surface area contributed by atoms with E-state index in [4.69, 9.17) is 4.98 Å². The largest absolute Gasteiger partial charge is 0.310 e. The molecular formula is C52H35N3S. The number of rotatable bonds is 5. The van der Waals surface area contributed by atoms with Crippen molar-refractivity contribution >= 4 is 76.7 Å². The lowest BCUT2D eigenvalue weighted by molar-refractivity contribution is 0.660. The topological polar surface area (TPSA) is 20.5 Å². The summed E-state index contributed by atoms with van der Waals surface area (Å²) >= 11 is 1.80. The molecule has 1 aliphatic carbocycles. The lowest BCUT2D eigenvalue weighted by Crippen LogP contribution is -2.16. The number of fused-ring (bicyclic) bond motifs is 11. The summed E-state index contributed by atoms with van der Waals surface area (Å²) < 4.78 is 3.71. The maximum Gasteiger partial charge on any atom is 0.124 e. The van der Waals surface area contributed by atoms with Crippen molar-refractivity contribution in [1.82, 2.24) is 9.38 Å². The van der Waals surface area contributed by atoms with Gasteiger partial charge in [0.2, 0.25) is 0 Å². The molecule has 8 aromatic carbocycles. The van der Waals surface area contributed by atoms with E-state index in [2.05, 4.69) is 199 Å². The molecule has 11 aromatic rings. The van der Waals surface area contributed by atoms with Crippen LogP contribution in [0, 0.1) is 0 Å². The van der Waals surface area contributed by atoms with Crippen LogP contribution >= 0.6 is 11.3 Å². The van der Waals surface area contributed by atoms with Gasteiger partial charge in [-0.15, -0.1) is 11.3 Å². The highest BCUT2D eigenvalue weighted by Crippen LogP contribution is 2.52. The predicted octanol–water partition coefficient (Wildman–Crippen LogP) is 14.6. The Kier molecular flexibility index (Phi) is 6.56. The Morgan fingerprint density at radius 2 is 1.16 bits per heavy atom. The van der Waals surface area contributed by atoms with E-state index in [1.807, 2.05) is 0 Å². The summed E-state index contributed by atoms with van der Waals surface area (Å²) in [6.45, 7) is 4.73. The van der Waals surface area contributed by atoms with Gasteiger partial charge in [0, 0.05) is 49.5 Å². The van der Waals surface area contributed by atoms with Crippen molar-refractivity contribution in [2.75, 3.05) is 4.90 Å². The van der Waals surface area contributed by atoms with Crippen LogP contribution in [0.2, 0.25) is 0 Å². The van der Waals surface area contributed by atoms with Crippen LogP contribution in [-0.2, 0) is 5.41 Å². The van der Waals surface area contributed by atoms with Gasteiger partial charge in [-0.25, -0.2) is 4.98 Å². The second-order valence-electron chi connectivity index (χ2n) is 15.6. The van der Waals surface area contributed by atoms with Gasteiger partial charge in [-0.3, -0.25) is 0 Å². The average Bonchev–Trinajstić information content (AvgIpc) is 3.98. The van der Waals surface area contributed by atoms with Gasteiger partial charge in [-0.05, 0) is 76.3 Å². The molecule has 0 unspecified atom stereocenters. The molecule has 4 heteroatoms. The molecule has 0 radical (unpaired) electrons. The molecule has 3 nitrogen and oxygen atoms in total. The minimum atomic E-state index is -0.126. The fourth-order valence-corrected chi connectivity index (χ4v) is 10.7. The Morgan fingerprint density at radius 1 is 0.518 bits per heavy atom. The molecule has 0 saturated carbocycles. The van der Waals surface area contributed by atoms with Gasteiger partial charge in [-0.2, -0.15) is 0 Å². The van der Waals surface area contributed by atoms with Gasteiger partial charge in [-0.1, -0.05) is 141 Å². The van der Waals surface area contributed by atoms with Crippen LogP contribution in [0.1, 0.15) is 25.0 Å². The monoisotopic (exact) mass is 733 g/mol.